The maximum atomic E-state index is 11.7. The van der Waals surface area contributed by atoms with Gasteiger partial charge < -0.3 is 20.1 Å². The number of aromatic nitrogens is 2. The Balaban J connectivity index is 1.54. The van der Waals surface area contributed by atoms with Gasteiger partial charge in [-0.3, -0.25) is 9.69 Å². The number of hydrogen-bond donors (Lipinski definition) is 2. The number of nitrogens with one attached hydrogen (secondary N) is 2. The fourth-order valence-corrected chi connectivity index (χ4v) is 5.81. The van der Waals surface area contributed by atoms with Crippen LogP contribution in [0.1, 0.15) is 36.0 Å². The van der Waals surface area contributed by atoms with Crippen LogP contribution in [0.15, 0.2) is 18.2 Å². The number of methoxy groups -OCH3 is 1. The van der Waals surface area contributed by atoms with E-state index in [4.69, 9.17) is 19.4 Å². The van der Waals surface area contributed by atoms with E-state index in [1.54, 1.807) is 18.4 Å². The first-order valence-corrected chi connectivity index (χ1v) is 12.3. The summed E-state index contributed by atoms with van der Waals surface area (Å²) in [4.78, 5) is 26.4. The number of rotatable bonds is 6. The summed E-state index contributed by atoms with van der Waals surface area (Å²) in [5.74, 6) is 2.13. The van der Waals surface area contributed by atoms with Crippen molar-refractivity contribution in [3.8, 4) is 5.75 Å². The average molecular weight is 468 g/mol. The second-order valence-electron chi connectivity index (χ2n) is 8.49. The Kier molecular flexibility index (Phi) is 6.43. The summed E-state index contributed by atoms with van der Waals surface area (Å²) in [5.41, 5.74) is 2.85. The van der Waals surface area contributed by atoms with Crippen LogP contribution in [0.25, 0.3) is 10.2 Å². The minimum atomic E-state index is -0.144. The van der Waals surface area contributed by atoms with E-state index in [9.17, 15) is 4.79 Å². The van der Waals surface area contributed by atoms with Gasteiger partial charge in [0.25, 0.3) is 0 Å². The Labute approximate surface area is 197 Å². The molecule has 3 aromatic rings. The fraction of sp³-hybridized carbons (Fsp3) is 0.458. The first-order chi connectivity index (χ1) is 16.1. The molecule has 1 aromatic carbocycles. The zero-order chi connectivity index (χ0) is 22.8. The summed E-state index contributed by atoms with van der Waals surface area (Å²) < 4.78 is 10.9. The third-order valence-electron chi connectivity index (χ3n) is 6.10. The summed E-state index contributed by atoms with van der Waals surface area (Å²) in [6.07, 6.45) is 4.61. The lowest BCUT2D eigenvalue weighted by molar-refractivity contribution is -0.114. The van der Waals surface area contributed by atoms with E-state index in [0.29, 0.717) is 18.0 Å². The minimum Gasteiger partial charge on any atom is -0.495 e. The number of ether oxygens (including phenoxy) is 2. The molecule has 1 amide bonds. The number of anilines is 3. The predicted octanol–water partition coefficient (Wildman–Crippen LogP) is 4.11. The number of morpholine rings is 1. The van der Waals surface area contributed by atoms with Gasteiger partial charge in [0.05, 0.1) is 37.9 Å². The molecule has 0 bridgehead atoms. The van der Waals surface area contributed by atoms with Crippen LogP contribution in [0.2, 0.25) is 0 Å². The van der Waals surface area contributed by atoms with Gasteiger partial charge in [0, 0.05) is 30.6 Å². The van der Waals surface area contributed by atoms with Gasteiger partial charge in [-0.15, -0.1) is 11.3 Å². The number of thiophene rings is 1. The highest BCUT2D eigenvalue weighted by atomic mass is 32.1. The molecule has 1 saturated heterocycles. The highest BCUT2D eigenvalue weighted by Crippen LogP contribution is 2.40. The van der Waals surface area contributed by atoms with Gasteiger partial charge in [0.1, 0.15) is 22.2 Å². The number of fused-ring (bicyclic) bond motifs is 3. The standard InChI is InChI=1S/C24H29N5O3S/c1-15(30)25-18-13-16(7-8-19(18)31-2)26-23-22-17-5-3-4-6-20(17)33-24(22)28-21(27-23)14-29-9-11-32-12-10-29/h7-8,13H,3-6,9-12,14H2,1-2H3,(H,25,30)(H,26,27,28). The van der Waals surface area contributed by atoms with Crippen molar-refractivity contribution >= 4 is 44.7 Å². The van der Waals surface area contributed by atoms with Crippen molar-refractivity contribution in [2.24, 2.45) is 0 Å². The monoisotopic (exact) mass is 467 g/mol. The Morgan fingerprint density at radius 1 is 1.21 bits per heavy atom. The van der Waals surface area contributed by atoms with Gasteiger partial charge in [0.2, 0.25) is 5.91 Å². The molecular weight excluding hydrogens is 438 g/mol. The van der Waals surface area contributed by atoms with E-state index in [0.717, 1.165) is 66.7 Å². The van der Waals surface area contributed by atoms with E-state index in [1.807, 2.05) is 18.2 Å². The average Bonchev–Trinajstić information content (AvgIpc) is 3.18. The van der Waals surface area contributed by atoms with Crippen LogP contribution in [0.3, 0.4) is 0 Å². The molecule has 5 rings (SSSR count). The molecular formula is C24H29N5O3S. The second kappa shape index (κ2) is 9.62. The van der Waals surface area contributed by atoms with Crippen molar-refractivity contribution in [3.05, 3.63) is 34.5 Å². The summed E-state index contributed by atoms with van der Waals surface area (Å²) in [6, 6.07) is 5.68. The maximum absolute atomic E-state index is 11.7. The van der Waals surface area contributed by atoms with E-state index >= 15 is 0 Å². The molecule has 3 heterocycles. The first-order valence-electron chi connectivity index (χ1n) is 11.4. The van der Waals surface area contributed by atoms with Gasteiger partial charge in [-0.2, -0.15) is 0 Å². The molecule has 0 radical (unpaired) electrons. The van der Waals surface area contributed by atoms with Crippen LogP contribution >= 0.6 is 11.3 Å². The lowest BCUT2D eigenvalue weighted by Gasteiger charge is -2.26. The summed E-state index contributed by atoms with van der Waals surface area (Å²) in [6.45, 7) is 5.48. The van der Waals surface area contributed by atoms with Crippen LogP contribution in [0.5, 0.6) is 5.75 Å². The maximum Gasteiger partial charge on any atom is 0.221 e. The van der Waals surface area contributed by atoms with Gasteiger partial charge in [0.15, 0.2) is 0 Å². The first kappa shape index (κ1) is 22.1. The van der Waals surface area contributed by atoms with Crippen LogP contribution in [0.4, 0.5) is 17.2 Å². The number of benzene rings is 1. The zero-order valence-corrected chi connectivity index (χ0v) is 19.9. The van der Waals surface area contributed by atoms with E-state index in [-0.39, 0.29) is 5.91 Å². The second-order valence-corrected chi connectivity index (χ2v) is 9.57. The van der Waals surface area contributed by atoms with E-state index in [1.165, 1.54) is 30.2 Å². The van der Waals surface area contributed by atoms with Crippen molar-refractivity contribution < 1.29 is 14.3 Å². The van der Waals surface area contributed by atoms with Crippen molar-refractivity contribution in [2.75, 3.05) is 44.0 Å². The number of aryl methyl sites for hydroxylation is 2. The topological polar surface area (TPSA) is 88.6 Å². The lowest BCUT2D eigenvalue weighted by Crippen LogP contribution is -2.36. The Bertz CT molecular complexity index is 1170. The van der Waals surface area contributed by atoms with E-state index < -0.39 is 0 Å². The Morgan fingerprint density at radius 3 is 2.82 bits per heavy atom. The molecule has 0 unspecified atom stereocenters. The molecule has 2 N–H and O–H groups in total. The quantitative estimate of drug-likeness (QED) is 0.564. The largest absolute Gasteiger partial charge is 0.495 e. The van der Waals surface area contributed by atoms with Gasteiger partial charge in [-0.25, -0.2) is 9.97 Å². The van der Waals surface area contributed by atoms with Crippen LogP contribution in [0, 0.1) is 0 Å². The third kappa shape index (κ3) is 4.80. The zero-order valence-electron chi connectivity index (χ0n) is 19.1. The number of amides is 1. The fourth-order valence-electron chi connectivity index (χ4n) is 4.53. The summed E-state index contributed by atoms with van der Waals surface area (Å²) in [7, 11) is 1.59. The molecule has 174 valence electrons. The summed E-state index contributed by atoms with van der Waals surface area (Å²) in [5, 5.41) is 7.51. The van der Waals surface area contributed by atoms with Crippen LogP contribution < -0.4 is 15.4 Å². The van der Waals surface area contributed by atoms with Gasteiger partial charge in [-0.05, 0) is 49.4 Å². The predicted molar refractivity (Wildman–Crippen MR) is 131 cm³/mol. The molecule has 2 aliphatic rings. The Morgan fingerprint density at radius 2 is 2.03 bits per heavy atom. The molecule has 8 nitrogen and oxygen atoms in total. The number of carbonyl (C=O) groups excluding carboxylic acids is 1. The molecule has 33 heavy (non-hydrogen) atoms. The Hall–Kier alpha value is -2.75. The van der Waals surface area contributed by atoms with Crippen LogP contribution in [-0.4, -0.2) is 54.2 Å². The summed E-state index contributed by atoms with van der Waals surface area (Å²) >= 11 is 1.81. The molecule has 0 saturated carbocycles. The van der Waals surface area contributed by atoms with Crippen molar-refractivity contribution in [2.45, 2.75) is 39.2 Å². The smallest absolute Gasteiger partial charge is 0.221 e. The number of nitrogens with zero attached hydrogens (tertiary/aromatic N) is 3. The third-order valence-corrected chi connectivity index (χ3v) is 7.29. The number of carbonyl (C=O) groups is 1. The number of hydrogen-bond acceptors (Lipinski definition) is 8. The van der Waals surface area contributed by atoms with Gasteiger partial charge in [-0.1, -0.05) is 0 Å². The molecule has 0 spiro atoms. The van der Waals surface area contributed by atoms with Crippen molar-refractivity contribution in [1.29, 1.82) is 0 Å². The molecule has 9 heteroatoms. The molecule has 0 atom stereocenters. The normalized spacial score (nSPS) is 16.4. The van der Waals surface area contributed by atoms with Gasteiger partial charge >= 0.3 is 0 Å². The molecule has 1 fully saturated rings. The highest BCUT2D eigenvalue weighted by molar-refractivity contribution is 7.19. The highest BCUT2D eigenvalue weighted by Gasteiger charge is 2.22. The molecule has 1 aliphatic carbocycles. The SMILES string of the molecule is COc1ccc(Nc2nc(CN3CCOCC3)nc3sc4c(c23)CCCC4)cc1NC(C)=O. The lowest BCUT2D eigenvalue weighted by atomic mass is 9.97. The van der Waals surface area contributed by atoms with Crippen LogP contribution in [-0.2, 0) is 28.9 Å². The van der Waals surface area contributed by atoms with Crippen molar-refractivity contribution in [1.82, 2.24) is 14.9 Å². The molecule has 2 aromatic heterocycles. The molecule has 1 aliphatic heterocycles. The van der Waals surface area contributed by atoms with Crippen molar-refractivity contribution in [3.63, 3.8) is 0 Å². The van der Waals surface area contributed by atoms with E-state index in [2.05, 4.69) is 15.5 Å². The minimum absolute atomic E-state index is 0.144.